The summed E-state index contributed by atoms with van der Waals surface area (Å²) in [4.78, 5) is 12.0. The van der Waals surface area contributed by atoms with E-state index < -0.39 is 0 Å². The number of carbonyl (C=O) groups is 1. The molecule has 0 aliphatic carbocycles. The van der Waals surface area contributed by atoms with Crippen molar-refractivity contribution in [1.29, 1.82) is 0 Å². The molecule has 0 heterocycles. The molecule has 0 aliphatic rings. The zero-order valence-corrected chi connectivity index (χ0v) is 37.7. The van der Waals surface area contributed by atoms with Crippen LogP contribution in [0.2, 0.25) is 0 Å². The summed E-state index contributed by atoms with van der Waals surface area (Å²) in [7, 11) is 0. The topological polar surface area (TPSA) is 26.3 Å². The third-order valence-electron chi connectivity index (χ3n) is 12.0. The Hall–Kier alpha value is -0.790. The minimum Gasteiger partial charge on any atom is -0.463 e. The first-order valence-corrected chi connectivity index (χ1v) is 25.6. The van der Waals surface area contributed by atoms with Crippen molar-refractivity contribution in [1.82, 2.24) is 0 Å². The standard InChI is InChI=1S/C52H102O2/c1-3-5-7-9-11-13-15-17-19-21-22-23-24-25-26-27-28-29-30-31-32-33-35-37-39-41-43-45-47-49-51-54-52(53)50-48-46-44-42-40-38-36-34-20-18-16-14-12-10-8-6-4-2/h48,50H,3-47,49,51H2,1-2H3. The number of carbonyl (C=O) groups excluding carboxylic acids is 1. The highest BCUT2D eigenvalue weighted by Crippen LogP contribution is 2.17. The molecule has 0 saturated heterocycles. The Balaban J connectivity index is 3.17. The molecule has 0 rings (SSSR count). The molecule has 0 N–H and O–H groups in total. The number of esters is 1. The molecule has 2 nitrogen and oxygen atoms in total. The second-order valence-corrected chi connectivity index (χ2v) is 17.6. The minimum atomic E-state index is -0.147. The maximum Gasteiger partial charge on any atom is 0.330 e. The lowest BCUT2D eigenvalue weighted by atomic mass is 10.0. The molecular formula is C52H102O2. The largest absolute Gasteiger partial charge is 0.463 e. The molecule has 0 fully saturated rings. The van der Waals surface area contributed by atoms with Gasteiger partial charge in [-0.1, -0.05) is 296 Å². The van der Waals surface area contributed by atoms with Crippen LogP contribution in [0.4, 0.5) is 0 Å². The number of rotatable bonds is 48. The fraction of sp³-hybridized carbons (Fsp3) is 0.942. The van der Waals surface area contributed by atoms with Crippen LogP contribution >= 0.6 is 0 Å². The second kappa shape index (κ2) is 50.2. The van der Waals surface area contributed by atoms with Crippen molar-refractivity contribution in [2.24, 2.45) is 0 Å². The number of hydrogen-bond acceptors (Lipinski definition) is 2. The highest BCUT2D eigenvalue weighted by atomic mass is 16.5. The van der Waals surface area contributed by atoms with Gasteiger partial charge in [0, 0.05) is 6.08 Å². The van der Waals surface area contributed by atoms with Crippen molar-refractivity contribution >= 4 is 5.97 Å². The Morgan fingerprint density at radius 2 is 0.500 bits per heavy atom. The van der Waals surface area contributed by atoms with Gasteiger partial charge >= 0.3 is 5.97 Å². The van der Waals surface area contributed by atoms with Crippen LogP contribution in [0.3, 0.4) is 0 Å². The molecule has 0 aliphatic heterocycles. The fourth-order valence-corrected chi connectivity index (χ4v) is 8.16. The predicted molar refractivity (Wildman–Crippen MR) is 244 cm³/mol. The van der Waals surface area contributed by atoms with Gasteiger partial charge in [-0.25, -0.2) is 4.79 Å². The highest BCUT2D eigenvalue weighted by molar-refractivity contribution is 5.81. The Morgan fingerprint density at radius 1 is 0.296 bits per heavy atom. The van der Waals surface area contributed by atoms with Gasteiger partial charge in [0.2, 0.25) is 0 Å². The van der Waals surface area contributed by atoms with Gasteiger partial charge in [0.1, 0.15) is 0 Å². The van der Waals surface area contributed by atoms with E-state index in [1.54, 1.807) is 6.08 Å². The average Bonchev–Trinajstić information content (AvgIpc) is 3.18. The molecule has 0 bridgehead atoms. The fourth-order valence-electron chi connectivity index (χ4n) is 8.16. The Morgan fingerprint density at radius 3 is 0.741 bits per heavy atom. The van der Waals surface area contributed by atoms with Gasteiger partial charge in [-0.2, -0.15) is 0 Å². The zero-order valence-electron chi connectivity index (χ0n) is 37.7. The van der Waals surface area contributed by atoms with Crippen LogP contribution in [0.5, 0.6) is 0 Å². The normalized spacial score (nSPS) is 11.7. The van der Waals surface area contributed by atoms with Gasteiger partial charge in [-0.3, -0.25) is 0 Å². The first-order valence-electron chi connectivity index (χ1n) is 25.6. The highest BCUT2D eigenvalue weighted by Gasteiger charge is 2.00. The van der Waals surface area contributed by atoms with E-state index in [1.807, 2.05) is 6.08 Å². The smallest absolute Gasteiger partial charge is 0.330 e. The van der Waals surface area contributed by atoms with E-state index in [1.165, 1.54) is 283 Å². The Labute approximate surface area is 342 Å². The van der Waals surface area contributed by atoms with Gasteiger partial charge < -0.3 is 4.74 Å². The molecule has 322 valence electrons. The van der Waals surface area contributed by atoms with E-state index in [4.69, 9.17) is 4.74 Å². The first-order chi connectivity index (χ1) is 26.8. The molecular weight excluding hydrogens is 657 g/mol. The summed E-state index contributed by atoms with van der Waals surface area (Å²) in [5, 5.41) is 0. The number of allylic oxidation sites excluding steroid dienone is 1. The van der Waals surface area contributed by atoms with Gasteiger partial charge in [0.25, 0.3) is 0 Å². The summed E-state index contributed by atoms with van der Waals surface area (Å²) in [5.41, 5.74) is 0. The molecule has 0 aromatic heterocycles. The van der Waals surface area contributed by atoms with Crippen LogP contribution < -0.4 is 0 Å². The monoisotopic (exact) mass is 759 g/mol. The van der Waals surface area contributed by atoms with E-state index in [9.17, 15) is 4.79 Å². The summed E-state index contributed by atoms with van der Waals surface area (Å²) in [5.74, 6) is -0.147. The maximum atomic E-state index is 12.0. The van der Waals surface area contributed by atoms with Crippen LogP contribution in [0.15, 0.2) is 12.2 Å². The van der Waals surface area contributed by atoms with Crippen LogP contribution in [0, 0.1) is 0 Å². The second-order valence-electron chi connectivity index (χ2n) is 17.6. The SMILES string of the molecule is CCCCCCCCCCCCCCCCCC=CC(=O)OCCCCCCCCCCCCCCCCCCCCCCCCCCCCCCCC. The Bertz CT molecular complexity index is 698. The van der Waals surface area contributed by atoms with E-state index in [2.05, 4.69) is 13.8 Å². The van der Waals surface area contributed by atoms with Crippen LogP contribution in [0.1, 0.15) is 309 Å². The van der Waals surface area contributed by atoms with Gasteiger partial charge in [0.15, 0.2) is 0 Å². The van der Waals surface area contributed by atoms with E-state index in [0.717, 1.165) is 12.8 Å². The quantitative estimate of drug-likeness (QED) is 0.0351. The molecule has 0 saturated carbocycles. The number of hydrogen-bond donors (Lipinski definition) is 0. The van der Waals surface area contributed by atoms with Gasteiger partial charge in [0.05, 0.1) is 6.61 Å². The van der Waals surface area contributed by atoms with E-state index in [-0.39, 0.29) is 5.97 Å². The molecule has 2 heteroatoms. The predicted octanol–water partition coefficient (Wildman–Crippen LogP) is 19.1. The Kier molecular flexibility index (Phi) is 49.5. The lowest BCUT2D eigenvalue weighted by Crippen LogP contribution is -2.02. The summed E-state index contributed by atoms with van der Waals surface area (Å²) in [6.07, 6.45) is 68.3. The molecule has 0 aromatic rings. The lowest BCUT2D eigenvalue weighted by Gasteiger charge is -2.05. The molecule has 0 unspecified atom stereocenters. The third-order valence-corrected chi connectivity index (χ3v) is 12.0. The number of unbranched alkanes of at least 4 members (excludes halogenated alkanes) is 44. The van der Waals surface area contributed by atoms with Crippen molar-refractivity contribution < 1.29 is 9.53 Å². The summed E-state index contributed by atoms with van der Waals surface area (Å²) in [6.45, 7) is 5.18. The van der Waals surface area contributed by atoms with Crippen molar-refractivity contribution in [3.8, 4) is 0 Å². The molecule has 0 amide bonds. The third kappa shape index (κ3) is 49.2. The van der Waals surface area contributed by atoms with E-state index >= 15 is 0 Å². The first kappa shape index (κ1) is 53.2. The minimum absolute atomic E-state index is 0.147. The van der Waals surface area contributed by atoms with Crippen molar-refractivity contribution in [2.75, 3.05) is 6.61 Å². The van der Waals surface area contributed by atoms with E-state index in [0.29, 0.717) is 6.61 Å². The zero-order chi connectivity index (χ0) is 38.9. The molecule has 54 heavy (non-hydrogen) atoms. The summed E-state index contributed by atoms with van der Waals surface area (Å²) in [6, 6.07) is 0. The summed E-state index contributed by atoms with van der Waals surface area (Å²) < 4.78 is 5.41. The summed E-state index contributed by atoms with van der Waals surface area (Å²) >= 11 is 0. The molecule has 0 spiro atoms. The van der Waals surface area contributed by atoms with Gasteiger partial charge in [-0.15, -0.1) is 0 Å². The van der Waals surface area contributed by atoms with Crippen molar-refractivity contribution in [3.05, 3.63) is 12.2 Å². The van der Waals surface area contributed by atoms with Gasteiger partial charge in [-0.05, 0) is 19.3 Å². The van der Waals surface area contributed by atoms with Crippen LogP contribution in [0.25, 0.3) is 0 Å². The van der Waals surface area contributed by atoms with Crippen LogP contribution in [-0.2, 0) is 9.53 Å². The lowest BCUT2D eigenvalue weighted by molar-refractivity contribution is -0.137. The van der Waals surface area contributed by atoms with Crippen molar-refractivity contribution in [3.63, 3.8) is 0 Å². The number of ether oxygens (including phenoxy) is 1. The average molecular weight is 759 g/mol. The molecule has 0 aromatic carbocycles. The molecule has 0 radical (unpaired) electrons. The maximum absolute atomic E-state index is 12.0. The molecule has 0 atom stereocenters. The van der Waals surface area contributed by atoms with Crippen molar-refractivity contribution in [2.45, 2.75) is 309 Å². The van der Waals surface area contributed by atoms with Crippen LogP contribution in [-0.4, -0.2) is 12.6 Å².